The van der Waals surface area contributed by atoms with Gasteiger partial charge in [0.2, 0.25) is 0 Å². The summed E-state index contributed by atoms with van der Waals surface area (Å²) in [5.41, 5.74) is 6.36. The number of nitrogens with one attached hydrogen (secondary N) is 1. The zero-order valence-electron chi connectivity index (χ0n) is 8.54. The summed E-state index contributed by atoms with van der Waals surface area (Å²) >= 11 is 5.92. The molecule has 0 amide bonds. The Hall–Kier alpha value is -1.42. The molecule has 0 aliphatic rings. The number of carbonyl (C=O) groups is 1. The molecule has 82 valence electrons. The topological polar surface area (TPSA) is 75.3 Å². The zero-order chi connectivity index (χ0) is 11.6. The SMILES string of the molecule is CC(C)Nc1c(Cl)cc(N)cc1C(=O)O. The number of aromatic carboxylic acids is 1. The number of carboxylic acid groups (broad SMARTS) is 1. The first-order chi connectivity index (χ1) is 6.91. The molecule has 0 radical (unpaired) electrons. The molecule has 0 atom stereocenters. The van der Waals surface area contributed by atoms with Gasteiger partial charge in [-0.25, -0.2) is 4.79 Å². The first kappa shape index (κ1) is 11.7. The van der Waals surface area contributed by atoms with Crippen molar-refractivity contribution in [2.24, 2.45) is 0 Å². The average molecular weight is 229 g/mol. The fourth-order valence-corrected chi connectivity index (χ4v) is 1.51. The van der Waals surface area contributed by atoms with E-state index in [9.17, 15) is 4.79 Å². The van der Waals surface area contributed by atoms with Gasteiger partial charge in [-0.2, -0.15) is 0 Å². The van der Waals surface area contributed by atoms with E-state index >= 15 is 0 Å². The Bertz CT molecular complexity index is 391. The molecule has 0 saturated carbocycles. The average Bonchev–Trinajstić information content (AvgIpc) is 2.08. The minimum Gasteiger partial charge on any atom is -0.478 e. The molecule has 0 fully saturated rings. The van der Waals surface area contributed by atoms with E-state index in [2.05, 4.69) is 5.32 Å². The number of rotatable bonds is 3. The number of benzene rings is 1. The Balaban J connectivity index is 3.27. The fraction of sp³-hybridized carbons (Fsp3) is 0.300. The van der Waals surface area contributed by atoms with Crippen molar-refractivity contribution in [3.63, 3.8) is 0 Å². The van der Waals surface area contributed by atoms with E-state index in [-0.39, 0.29) is 11.6 Å². The second-order valence-electron chi connectivity index (χ2n) is 3.53. The van der Waals surface area contributed by atoms with Gasteiger partial charge in [-0.15, -0.1) is 0 Å². The maximum atomic E-state index is 11.0. The molecule has 0 aliphatic carbocycles. The van der Waals surface area contributed by atoms with Crippen LogP contribution in [0.1, 0.15) is 24.2 Å². The second kappa shape index (κ2) is 4.40. The fourth-order valence-electron chi connectivity index (χ4n) is 1.23. The molecule has 1 rings (SSSR count). The third-order valence-electron chi connectivity index (χ3n) is 1.78. The summed E-state index contributed by atoms with van der Waals surface area (Å²) in [5, 5.41) is 12.3. The van der Waals surface area contributed by atoms with E-state index in [1.165, 1.54) is 12.1 Å². The van der Waals surface area contributed by atoms with E-state index in [1.807, 2.05) is 13.8 Å². The summed E-state index contributed by atoms with van der Waals surface area (Å²) in [6, 6.07) is 3.02. The van der Waals surface area contributed by atoms with Crippen LogP contribution in [-0.4, -0.2) is 17.1 Å². The molecule has 4 N–H and O–H groups in total. The number of nitrogen functional groups attached to an aromatic ring is 1. The Morgan fingerprint density at radius 3 is 2.60 bits per heavy atom. The van der Waals surface area contributed by atoms with E-state index in [0.29, 0.717) is 16.4 Å². The van der Waals surface area contributed by atoms with Crippen LogP contribution in [0.25, 0.3) is 0 Å². The third kappa shape index (κ3) is 2.76. The molecule has 1 aromatic rings. The highest BCUT2D eigenvalue weighted by molar-refractivity contribution is 6.34. The number of halogens is 1. The highest BCUT2D eigenvalue weighted by Gasteiger charge is 2.15. The number of carboxylic acids is 1. The lowest BCUT2D eigenvalue weighted by Crippen LogP contribution is -2.14. The Morgan fingerprint density at radius 2 is 2.13 bits per heavy atom. The number of hydrogen-bond donors (Lipinski definition) is 3. The van der Waals surface area contributed by atoms with Crippen LogP contribution in [-0.2, 0) is 0 Å². The molecule has 1 aromatic carbocycles. The lowest BCUT2D eigenvalue weighted by atomic mass is 10.1. The van der Waals surface area contributed by atoms with Crippen molar-refractivity contribution in [2.45, 2.75) is 19.9 Å². The third-order valence-corrected chi connectivity index (χ3v) is 2.07. The minimum absolute atomic E-state index is 0.0914. The summed E-state index contributed by atoms with van der Waals surface area (Å²) in [4.78, 5) is 11.0. The maximum absolute atomic E-state index is 11.0. The van der Waals surface area contributed by atoms with Gasteiger partial charge in [0.05, 0.1) is 16.3 Å². The normalized spacial score (nSPS) is 10.4. The molecule has 0 spiro atoms. The van der Waals surface area contributed by atoms with Crippen molar-refractivity contribution in [1.82, 2.24) is 0 Å². The van der Waals surface area contributed by atoms with Crippen molar-refractivity contribution < 1.29 is 9.90 Å². The van der Waals surface area contributed by atoms with Crippen LogP contribution in [0.3, 0.4) is 0 Å². The lowest BCUT2D eigenvalue weighted by Gasteiger charge is -2.15. The predicted octanol–water partition coefficient (Wildman–Crippen LogP) is 2.44. The van der Waals surface area contributed by atoms with E-state index in [1.54, 1.807) is 0 Å². The predicted molar refractivity (Wildman–Crippen MR) is 61.6 cm³/mol. The summed E-state index contributed by atoms with van der Waals surface area (Å²) in [6.45, 7) is 3.80. The monoisotopic (exact) mass is 228 g/mol. The molecule has 15 heavy (non-hydrogen) atoms. The summed E-state index contributed by atoms with van der Waals surface area (Å²) < 4.78 is 0. The Kier molecular flexibility index (Phi) is 3.42. The Labute approximate surface area is 93.0 Å². The number of hydrogen-bond acceptors (Lipinski definition) is 3. The van der Waals surface area contributed by atoms with Crippen LogP contribution in [0, 0.1) is 0 Å². The van der Waals surface area contributed by atoms with Crippen LogP contribution in [0.5, 0.6) is 0 Å². The van der Waals surface area contributed by atoms with Crippen LogP contribution >= 0.6 is 11.6 Å². The molecule has 0 saturated heterocycles. The van der Waals surface area contributed by atoms with Crippen molar-refractivity contribution in [1.29, 1.82) is 0 Å². The van der Waals surface area contributed by atoms with Crippen molar-refractivity contribution in [3.05, 3.63) is 22.7 Å². The van der Waals surface area contributed by atoms with Crippen LogP contribution in [0.15, 0.2) is 12.1 Å². The Morgan fingerprint density at radius 1 is 1.53 bits per heavy atom. The molecule has 0 bridgehead atoms. The van der Waals surface area contributed by atoms with Gasteiger partial charge in [0.15, 0.2) is 0 Å². The van der Waals surface area contributed by atoms with Gasteiger partial charge in [0.1, 0.15) is 0 Å². The van der Waals surface area contributed by atoms with E-state index in [0.717, 1.165) is 0 Å². The zero-order valence-corrected chi connectivity index (χ0v) is 9.30. The van der Waals surface area contributed by atoms with Crippen molar-refractivity contribution >= 4 is 28.9 Å². The van der Waals surface area contributed by atoms with Gasteiger partial charge in [-0.3, -0.25) is 0 Å². The standard InChI is InChI=1S/C10H13ClN2O2/c1-5(2)13-9-7(10(14)15)3-6(12)4-8(9)11/h3-5,13H,12H2,1-2H3,(H,14,15). The second-order valence-corrected chi connectivity index (χ2v) is 3.94. The highest BCUT2D eigenvalue weighted by atomic mass is 35.5. The summed E-state index contributed by atoms with van der Waals surface area (Å²) in [5.74, 6) is -1.05. The highest BCUT2D eigenvalue weighted by Crippen LogP contribution is 2.29. The van der Waals surface area contributed by atoms with Crippen LogP contribution in [0.4, 0.5) is 11.4 Å². The largest absolute Gasteiger partial charge is 0.478 e. The van der Waals surface area contributed by atoms with E-state index < -0.39 is 5.97 Å². The molecule has 0 aromatic heterocycles. The van der Waals surface area contributed by atoms with E-state index in [4.69, 9.17) is 22.4 Å². The smallest absolute Gasteiger partial charge is 0.337 e. The number of anilines is 2. The molecule has 4 nitrogen and oxygen atoms in total. The van der Waals surface area contributed by atoms with Crippen molar-refractivity contribution in [3.8, 4) is 0 Å². The first-order valence-corrected chi connectivity index (χ1v) is 4.88. The number of nitrogens with two attached hydrogens (primary N) is 1. The summed E-state index contributed by atoms with van der Waals surface area (Å²) in [6.07, 6.45) is 0. The van der Waals surface area contributed by atoms with Gasteiger partial charge >= 0.3 is 5.97 Å². The quantitative estimate of drug-likeness (QED) is 0.695. The van der Waals surface area contributed by atoms with Gasteiger partial charge in [-0.05, 0) is 26.0 Å². The van der Waals surface area contributed by atoms with Crippen LogP contribution < -0.4 is 11.1 Å². The van der Waals surface area contributed by atoms with Gasteiger partial charge in [-0.1, -0.05) is 11.6 Å². The maximum Gasteiger partial charge on any atom is 0.337 e. The molecular weight excluding hydrogens is 216 g/mol. The molecule has 0 heterocycles. The van der Waals surface area contributed by atoms with Gasteiger partial charge in [0.25, 0.3) is 0 Å². The van der Waals surface area contributed by atoms with Gasteiger partial charge < -0.3 is 16.2 Å². The molecular formula is C10H13ClN2O2. The molecule has 0 aliphatic heterocycles. The first-order valence-electron chi connectivity index (χ1n) is 4.50. The minimum atomic E-state index is -1.05. The summed E-state index contributed by atoms with van der Waals surface area (Å²) in [7, 11) is 0. The lowest BCUT2D eigenvalue weighted by molar-refractivity contribution is 0.0698. The molecule has 0 unspecified atom stereocenters. The van der Waals surface area contributed by atoms with Crippen LogP contribution in [0.2, 0.25) is 5.02 Å². The van der Waals surface area contributed by atoms with Gasteiger partial charge in [0, 0.05) is 11.7 Å². The van der Waals surface area contributed by atoms with Crippen molar-refractivity contribution in [2.75, 3.05) is 11.1 Å². The molecule has 5 heteroatoms.